The summed E-state index contributed by atoms with van der Waals surface area (Å²) in [6.07, 6.45) is 19.0. The Morgan fingerprint density at radius 1 is 0.594 bits per heavy atom. The Morgan fingerprint density at radius 3 is 1.39 bits per heavy atom. The Kier molecular flexibility index (Phi) is 22.0. The summed E-state index contributed by atoms with van der Waals surface area (Å²) in [7, 11) is 0. The maximum Gasteiger partial charge on any atom is 0.513 e. The summed E-state index contributed by atoms with van der Waals surface area (Å²) in [6, 6.07) is 5.29. The molecule has 106 heavy (non-hydrogen) atoms. The van der Waals surface area contributed by atoms with Gasteiger partial charge in [0.15, 0.2) is 12.6 Å². The van der Waals surface area contributed by atoms with E-state index >= 15 is 0 Å². The van der Waals surface area contributed by atoms with Gasteiger partial charge in [0, 0.05) is 48.9 Å². The molecule has 16 fully saturated rings. The zero-order valence-corrected chi connectivity index (χ0v) is 66.2. The predicted molar refractivity (Wildman–Crippen MR) is 395 cm³/mol. The lowest BCUT2D eigenvalue weighted by Crippen LogP contribution is -2.60. The molecule has 1 aromatic carbocycles. The second-order valence-electron chi connectivity index (χ2n) is 38.2. The molecule has 0 bridgehead atoms. The van der Waals surface area contributed by atoms with Crippen molar-refractivity contribution >= 4 is 53.0 Å². The van der Waals surface area contributed by atoms with Gasteiger partial charge < -0.3 is 80.0 Å². The molecule has 25 heteroatoms. The van der Waals surface area contributed by atoms with Gasteiger partial charge in [0.25, 0.3) is 5.69 Å². The molecular formula is C81H125Cl2N5O18. The minimum atomic E-state index is -0.889. The second kappa shape index (κ2) is 29.0. The number of nitro benzene ring substituents is 1. The van der Waals surface area contributed by atoms with Crippen LogP contribution in [0.4, 0.5) is 15.3 Å². The number of primary amides is 1. The van der Waals surface area contributed by atoms with E-state index < -0.39 is 29.4 Å². The molecular weight excluding hydrogens is 1400 g/mol. The number of ether oxygens (including phenoxy) is 9. The normalized spacial score (nSPS) is 46.2. The number of hydrogen-bond acceptors (Lipinski definition) is 18. The zero-order chi connectivity index (χ0) is 73.9. The molecule has 3 amide bonds. The Balaban J connectivity index is 0.000000180. The van der Waals surface area contributed by atoms with Crippen LogP contribution >= 0.6 is 23.2 Å². The highest BCUT2D eigenvalue weighted by molar-refractivity contribution is 6.40. The topological polar surface area (TPSA) is 334 Å². The first-order valence-corrected chi connectivity index (χ1v) is 41.3. The van der Waals surface area contributed by atoms with Crippen LogP contribution in [0, 0.1) is 123 Å². The number of alkyl halides is 2. The molecule has 12 aliphatic carbocycles. The largest absolute Gasteiger partial charge is 0.513 e. The van der Waals surface area contributed by atoms with Crippen molar-refractivity contribution < 1.29 is 82.4 Å². The Labute approximate surface area is 637 Å². The minimum Gasteiger partial charge on any atom is -0.447 e. The Hall–Kier alpha value is -3.72. The number of nitro groups is 1. The van der Waals surface area contributed by atoms with Gasteiger partial charge in [-0.05, 0) is 243 Å². The van der Waals surface area contributed by atoms with E-state index in [2.05, 4.69) is 69.2 Å². The number of aliphatic hydroxyl groups is 2. The number of non-ortho nitro benzene ring substituents is 1. The zero-order valence-electron chi connectivity index (χ0n) is 64.7. The third-order valence-corrected chi connectivity index (χ3v) is 33.4. The lowest BCUT2D eigenvalue weighted by Gasteiger charge is -2.64. The number of nitrogens with two attached hydrogens (primary N) is 1. The van der Waals surface area contributed by atoms with Crippen molar-refractivity contribution in [1.29, 1.82) is 0 Å². The van der Waals surface area contributed by atoms with Gasteiger partial charge in [0.1, 0.15) is 19.0 Å². The minimum absolute atomic E-state index is 0. The summed E-state index contributed by atoms with van der Waals surface area (Å²) in [6.45, 7) is 27.6. The van der Waals surface area contributed by atoms with Gasteiger partial charge >= 0.3 is 12.2 Å². The average Bonchev–Trinajstić information content (AvgIpc) is 1.46. The number of carbonyl (C=O) groups excluding carboxylic acids is 4. The summed E-state index contributed by atoms with van der Waals surface area (Å²) in [4.78, 5) is 64.1. The van der Waals surface area contributed by atoms with Gasteiger partial charge in [-0.3, -0.25) is 19.7 Å². The number of aliphatic hydroxyl groups excluding tert-OH is 2. The first-order chi connectivity index (χ1) is 49.3. The lowest BCUT2D eigenvalue weighted by molar-refractivity contribution is -0.384. The highest BCUT2D eigenvalue weighted by atomic mass is 35.5. The van der Waals surface area contributed by atoms with Gasteiger partial charge in [-0.1, -0.05) is 69.2 Å². The number of morpholine rings is 2. The molecule has 4 heterocycles. The van der Waals surface area contributed by atoms with Gasteiger partial charge in [0.05, 0.1) is 85.4 Å². The van der Waals surface area contributed by atoms with Crippen LogP contribution in [0.2, 0.25) is 0 Å². The van der Waals surface area contributed by atoms with Crippen molar-refractivity contribution in [2.24, 2.45) is 119 Å². The van der Waals surface area contributed by atoms with Gasteiger partial charge in [0.2, 0.25) is 11.8 Å². The van der Waals surface area contributed by atoms with E-state index in [-0.39, 0.29) is 169 Å². The number of fused-ring (bicyclic) bond motifs is 8. The molecule has 23 nitrogen and oxygen atoms in total. The number of rotatable bonds is 14. The SMILES string of the molecule is C[C@@H]1C[C@H](COC(=O)Oc2ccc([N+](=O)[O-])cc2)O[C@H]2[C@H]1[C@@]1(C)CC[C@@]34C[C@@]35CC[C@H](O[C@H]3CN(C(=O)CC6CC6)CCO3)C(C)(C)[C@@H]5CC[C@H]4[C@]1(C)[C@H]2O.C[C@@H]1C[C@H](COC(N)=O)O[C@H]2[C@H]1[C@@]1(C)CC[C@@]34C[C@@]35CC[C@H](O[C@H]3CN(C(=O)CC6CC6)CCO3)C(C)(C)[C@@H]5CC[C@H]4[C@]1(C)[C@H]2O.ClCCl.N.O. The molecule has 12 saturated carbocycles. The van der Waals surface area contributed by atoms with Crippen LogP contribution in [0.3, 0.4) is 0 Å². The van der Waals surface area contributed by atoms with E-state index in [0.29, 0.717) is 99.1 Å². The van der Waals surface area contributed by atoms with E-state index in [9.17, 15) is 39.5 Å². The quantitative estimate of drug-likeness (QED) is 0.0442. The van der Waals surface area contributed by atoms with Crippen molar-refractivity contribution in [3.05, 3.63) is 34.4 Å². The van der Waals surface area contributed by atoms with Crippen molar-refractivity contribution in [3.8, 4) is 5.75 Å². The van der Waals surface area contributed by atoms with Gasteiger partial charge in [-0.25, -0.2) is 9.59 Å². The molecule has 9 N–H and O–H groups in total. The molecule has 0 unspecified atom stereocenters. The molecule has 26 atom stereocenters. The van der Waals surface area contributed by atoms with E-state index in [0.717, 1.165) is 70.6 Å². The Morgan fingerprint density at radius 2 is 0.991 bits per heavy atom. The van der Waals surface area contributed by atoms with Crippen LogP contribution in [0.1, 0.15) is 210 Å². The van der Waals surface area contributed by atoms with E-state index in [1.54, 1.807) is 0 Å². The number of halogens is 2. The van der Waals surface area contributed by atoms with Crippen LogP contribution in [0.15, 0.2) is 24.3 Å². The van der Waals surface area contributed by atoms with E-state index in [1.807, 2.05) is 9.80 Å². The molecule has 0 aromatic heterocycles. The molecule has 1 aromatic rings. The van der Waals surface area contributed by atoms with Crippen LogP contribution in [-0.4, -0.2) is 174 Å². The van der Waals surface area contributed by atoms with Crippen molar-refractivity contribution in [2.45, 2.75) is 272 Å². The fraction of sp³-hybridized carbons (Fsp3) is 0.877. The maximum absolute atomic E-state index is 12.9. The molecule has 17 rings (SSSR count). The van der Waals surface area contributed by atoms with Crippen LogP contribution in [0.25, 0.3) is 0 Å². The summed E-state index contributed by atoms with van der Waals surface area (Å²) in [5.74, 6) is 4.94. The van der Waals surface area contributed by atoms with Gasteiger partial charge in [-0.15, -0.1) is 23.2 Å². The monoisotopic (exact) mass is 1530 g/mol. The summed E-state index contributed by atoms with van der Waals surface area (Å²) in [5.41, 5.74) is 5.57. The highest BCUT2D eigenvalue weighted by Crippen LogP contribution is 2.91. The first kappa shape index (κ1) is 80.3. The first-order valence-electron chi connectivity index (χ1n) is 40.2. The smallest absolute Gasteiger partial charge is 0.447 e. The standard InChI is InChI=1S/C43H60N2O10.C37H58N2O7.CH2Cl2.H3N.H2O/c1-25-20-29(23-52-38(48)54-28-10-8-27(9-11-28)45(49)50)53-36-35(25)40(4)16-17-43-24-42(43)15-14-32(39(2,3)30(42)12-13-31(43)41(40,5)37(36)47)55-34-22-44(18-19-51-34)33(46)21-26-6-7-26;1-21-16-23(19-44-32(38)42)45-30-29(21)34(4)12-13-37-20-36(37)11-10-26(33(2,3)24(36)8-9-25(37)35(34,5)31(30)41)46-28-18-39(14-15-43-28)27(40)17-22-6-7-22;2-1-3;;/h8-11,25-26,29-32,34-37,47H,6-7,12-24H2,1-5H3;21-26,28-31,41H,6-20H2,1-5H3,(H2,38,42);1H2;1H3;1H2/t25-,29-,30+,31+,32+,34+,35+,36+,37+,40-,41-,42-,43+;21-,23-,24+,25+,26+,28+,29+,30+,31+,34-,35-,36-,37+;;;/m11.../s1. The number of nitrogens with zero attached hydrogens (tertiary/aromatic N) is 3. The summed E-state index contributed by atoms with van der Waals surface area (Å²) in [5, 5.41) is 36.1. The molecule has 4 aliphatic heterocycles. The third kappa shape index (κ3) is 12.8. The van der Waals surface area contributed by atoms with Crippen LogP contribution in [-0.2, 0) is 47.5 Å². The number of carbonyl (C=O) groups is 4. The van der Waals surface area contributed by atoms with Crippen molar-refractivity contribution in [1.82, 2.24) is 16.0 Å². The highest BCUT2D eigenvalue weighted by Gasteiger charge is 2.87. The number of hydrogen-bond donors (Lipinski definition) is 4. The van der Waals surface area contributed by atoms with Crippen LogP contribution in [0.5, 0.6) is 5.75 Å². The van der Waals surface area contributed by atoms with Gasteiger partial charge in [-0.2, -0.15) is 0 Å². The van der Waals surface area contributed by atoms with Crippen molar-refractivity contribution in [3.63, 3.8) is 0 Å². The van der Waals surface area contributed by atoms with Crippen LogP contribution < -0.4 is 16.6 Å². The predicted octanol–water partition coefficient (Wildman–Crippen LogP) is 13.3. The molecule has 596 valence electrons. The second-order valence-corrected chi connectivity index (χ2v) is 39.1. The lowest BCUT2D eigenvalue weighted by atomic mass is 9.41. The summed E-state index contributed by atoms with van der Waals surface area (Å²) >= 11 is 9.53. The fourth-order valence-corrected chi connectivity index (χ4v) is 28.2. The Bertz CT molecular complexity index is 3420. The number of amides is 3. The molecule has 0 radical (unpaired) electrons. The van der Waals surface area contributed by atoms with E-state index in [4.69, 9.17) is 71.6 Å². The molecule has 4 saturated heterocycles. The number of benzene rings is 1. The molecule has 16 aliphatic rings. The van der Waals surface area contributed by atoms with E-state index in [1.165, 1.54) is 82.1 Å². The molecule has 4 spiro atoms. The van der Waals surface area contributed by atoms with Crippen molar-refractivity contribution in [2.75, 3.05) is 57.9 Å². The fourth-order valence-electron chi connectivity index (χ4n) is 28.2. The maximum atomic E-state index is 12.9. The summed E-state index contributed by atoms with van der Waals surface area (Å²) < 4.78 is 55.2. The average molecular weight is 1530 g/mol. The third-order valence-electron chi connectivity index (χ3n) is 33.4.